The van der Waals surface area contributed by atoms with Crippen molar-refractivity contribution in [2.45, 2.75) is 32.2 Å². The second kappa shape index (κ2) is 5.47. The number of ether oxygens (including phenoxy) is 1. The molecule has 0 amide bonds. The third-order valence-electron chi connectivity index (χ3n) is 5.42. The Balaban J connectivity index is 1.37. The molecule has 1 aliphatic carbocycles. The normalized spacial score (nSPS) is 21.7. The van der Waals surface area contributed by atoms with Crippen molar-refractivity contribution < 1.29 is 4.74 Å². The van der Waals surface area contributed by atoms with E-state index in [1.807, 2.05) is 6.20 Å². The van der Waals surface area contributed by atoms with E-state index in [0.29, 0.717) is 5.41 Å². The van der Waals surface area contributed by atoms with Crippen LogP contribution < -0.4 is 5.32 Å². The van der Waals surface area contributed by atoms with Gasteiger partial charge in [0.25, 0.3) is 0 Å². The highest BCUT2D eigenvalue weighted by molar-refractivity contribution is 5.79. The van der Waals surface area contributed by atoms with Gasteiger partial charge in [-0.05, 0) is 47.9 Å². The summed E-state index contributed by atoms with van der Waals surface area (Å²) >= 11 is 0. The molecule has 1 aromatic heterocycles. The summed E-state index contributed by atoms with van der Waals surface area (Å²) in [6, 6.07) is 8.80. The molecule has 21 heavy (non-hydrogen) atoms. The van der Waals surface area contributed by atoms with Gasteiger partial charge in [0.05, 0.1) is 13.2 Å². The summed E-state index contributed by atoms with van der Waals surface area (Å²) in [5.74, 6) is 0.880. The van der Waals surface area contributed by atoms with Gasteiger partial charge in [0, 0.05) is 30.2 Å². The zero-order valence-corrected chi connectivity index (χ0v) is 12.5. The van der Waals surface area contributed by atoms with Crippen molar-refractivity contribution in [2.75, 3.05) is 19.8 Å². The first-order valence-electron chi connectivity index (χ1n) is 8.20. The third kappa shape index (κ3) is 2.49. The number of hydrogen-bond donors (Lipinski definition) is 2. The predicted octanol–water partition coefficient (Wildman–Crippen LogP) is 3.46. The van der Waals surface area contributed by atoms with Gasteiger partial charge in [-0.2, -0.15) is 0 Å². The number of benzene rings is 1. The van der Waals surface area contributed by atoms with Crippen LogP contribution in [0.5, 0.6) is 0 Å². The Hall–Kier alpha value is -1.32. The standard InChI is InChI=1S/C18H24N2O/c1-2-4-16(3-1)18(12-21-13-18)11-19-10-14-5-6-17-15(9-14)7-8-20-17/h5-9,16,19-20H,1-4,10-13H2. The highest BCUT2D eigenvalue weighted by Gasteiger charge is 2.45. The molecule has 0 atom stereocenters. The zero-order valence-electron chi connectivity index (χ0n) is 12.5. The molecule has 3 nitrogen and oxygen atoms in total. The van der Waals surface area contributed by atoms with E-state index in [2.05, 4.69) is 34.6 Å². The van der Waals surface area contributed by atoms with Crippen molar-refractivity contribution >= 4 is 10.9 Å². The molecule has 0 radical (unpaired) electrons. The fourth-order valence-corrected chi connectivity index (χ4v) is 4.05. The van der Waals surface area contributed by atoms with Crippen molar-refractivity contribution in [3.05, 3.63) is 36.0 Å². The monoisotopic (exact) mass is 284 g/mol. The molecule has 4 rings (SSSR count). The van der Waals surface area contributed by atoms with Gasteiger partial charge in [0.15, 0.2) is 0 Å². The van der Waals surface area contributed by atoms with Crippen LogP contribution in [0, 0.1) is 11.3 Å². The molecule has 0 unspecified atom stereocenters. The molecule has 1 aromatic carbocycles. The maximum absolute atomic E-state index is 5.56. The van der Waals surface area contributed by atoms with Crippen LogP contribution in [0.1, 0.15) is 31.2 Å². The molecule has 2 heterocycles. The number of nitrogens with one attached hydrogen (secondary N) is 2. The summed E-state index contributed by atoms with van der Waals surface area (Å²) in [5.41, 5.74) is 3.01. The highest BCUT2D eigenvalue weighted by Crippen LogP contribution is 2.44. The minimum Gasteiger partial charge on any atom is -0.380 e. The van der Waals surface area contributed by atoms with Crippen LogP contribution in [0.2, 0.25) is 0 Å². The van der Waals surface area contributed by atoms with Gasteiger partial charge in [0.2, 0.25) is 0 Å². The number of H-pyrrole nitrogens is 1. The molecular weight excluding hydrogens is 260 g/mol. The van der Waals surface area contributed by atoms with Crippen LogP contribution in [0.25, 0.3) is 10.9 Å². The quantitative estimate of drug-likeness (QED) is 0.882. The molecule has 3 heteroatoms. The molecule has 0 bridgehead atoms. The van der Waals surface area contributed by atoms with Gasteiger partial charge in [-0.1, -0.05) is 18.9 Å². The Kier molecular flexibility index (Phi) is 3.48. The lowest BCUT2D eigenvalue weighted by Crippen LogP contribution is -2.53. The molecule has 1 saturated heterocycles. The van der Waals surface area contributed by atoms with E-state index in [1.165, 1.54) is 42.1 Å². The molecule has 2 N–H and O–H groups in total. The fraction of sp³-hybridized carbons (Fsp3) is 0.556. The zero-order chi connectivity index (χ0) is 14.1. The first-order chi connectivity index (χ1) is 10.4. The van der Waals surface area contributed by atoms with Crippen LogP contribution in [0.15, 0.2) is 30.5 Å². The number of hydrogen-bond acceptors (Lipinski definition) is 2. The lowest BCUT2D eigenvalue weighted by atomic mass is 9.72. The van der Waals surface area contributed by atoms with Gasteiger partial charge in [-0.25, -0.2) is 0 Å². The van der Waals surface area contributed by atoms with E-state index in [1.54, 1.807) is 0 Å². The van der Waals surface area contributed by atoms with Crippen molar-refractivity contribution in [1.29, 1.82) is 0 Å². The largest absolute Gasteiger partial charge is 0.380 e. The SMILES string of the molecule is c1cc2cc(CNCC3(C4CCCC4)COC3)ccc2[nH]1. The van der Waals surface area contributed by atoms with Gasteiger partial charge in [-0.15, -0.1) is 0 Å². The highest BCUT2D eigenvalue weighted by atomic mass is 16.5. The Morgan fingerprint density at radius 1 is 1.19 bits per heavy atom. The van der Waals surface area contributed by atoms with E-state index in [-0.39, 0.29) is 0 Å². The number of aromatic amines is 1. The molecule has 1 aliphatic heterocycles. The minimum atomic E-state index is 0.425. The van der Waals surface area contributed by atoms with Crippen molar-refractivity contribution in [3.8, 4) is 0 Å². The minimum absolute atomic E-state index is 0.425. The lowest BCUT2D eigenvalue weighted by Gasteiger charge is -2.46. The van der Waals surface area contributed by atoms with Crippen LogP contribution in [-0.4, -0.2) is 24.7 Å². The van der Waals surface area contributed by atoms with Gasteiger partial charge in [0.1, 0.15) is 0 Å². The van der Waals surface area contributed by atoms with E-state index >= 15 is 0 Å². The van der Waals surface area contributed by atoms with Crippen molar-refractivity contribution in [3.63, 3.8) is 0 Å². The predicted molar refractivity (Wildman–Crippen MR) is 85.2 cm³/mol. The van der Waals surface area contributed by atoms with Crippen molar-refractivity contribution in [1.82, 2.24) is 10.3 Å². The van der Waals surface area contributed by atoms with Crippen LogP contribution in [-0.2, 0) is 11.3 Å². The summed E-state index contributed by atoms with van der Waals surface area (Å²) in [7, 11) is 0. The summed E-state index contributed by atoms with van der Waals surface area (Å²) < 4.78 is 5.56. The average molecular weight is 284 g/mol. The van der Waals surface area contributed by atoms with E-state index < -0.39 is 0 Å². The Bertz CT molecular complexity index is 608. The Labute approximate surface area is 126 Å². The Morgan fingerprint density at radius 3 is 2.81 bits per heavy atom. The number of aromatic nitrogens is 1. The summed E-state index contributed by atoms with van der Waals surface area (Å²) in [4.78, 5) is 3.25. The van der Waals surface area contributed by atoms with Gasteiger partial charge >= 0.3 is 0 Å². The second-order valence-electron chi connectivity index (χ2n) is 6.84. The van der Waals surface area contributed by atoms with Crippen molar-refractivity contribution in [2.24, 2.45) is 11.3 Å². The Morgan fingerprint density at radius 2 is 2.05 bits per heavy atom. The number of fused-ring (bicyclic) bond motifs is 1. The molecule has 0 spiro atoms. The maximum atomic E-state index is 5.56. The summed E-state index contributed by atoms with van der Waals surface area (Å²) in [6.07, 6.45) is 7.64. The molecular formula is C18H24N2O. The molecule has 2 aliphatic rings. The van der Waals surface area contributed by atoms with Crippen LogP contribution in [0.4, 0.5) is 0 Å². The maximum Gasteiger partial charge on any atom is 0.0559 e. The molecule has 2 fully saturated rings. The molecule has 112 valence electrons. The first kappa shape index (κ1) is 13.4. The summed E-state index contributed by atoms with van der Waals surface area (Å²) in [6.45, 7) is 3.97. The smallest absolute Gasteiger partial charge is 0.0559 e. The number of rotatable bonds is 5. The molecule has 2 aromatic rings. The lowest BCUT2D eigenvalue weighted by molar-refractivity contribution is -0.142. The first-order valence-corrected chi connectivity index (χ1v) is 8.20. The van der Waals surface area contributed by atoms with E-state index in [0.717, 1.165) is 32.2 Å². The molecule has 1 saturated carbocycles. The summed E-state index contributed by atoms with van der Waals surface area (Å²) in [5, 5.41) is 4.99. The average Bonchev–Trinajstić information content (AvgIpc) is 3.12. The van der Waals surface area contributed by atoms with Gasteiger partial charge in [-0.3, -0.25) is 0 Å². The second-order valence-corrected chi connectivity index (χ2v) is 6.84. The topological polar surface area (TPSA) is 37.0 Å². The van der Waals surface area contributed by atoms with Crippen LogP contribution >= 0.6 is 0 Å². The van der Waals surface area contributed by atoms with Gasteiger partial charge < -0.3 is 15.0 Å². The van der Waals surface area contributed by atoms with E-state index in [9.17, 15) is 0 Å². The van der Waals surface area contributed by atoms with E-state index in [4.69, 9.17) is 4.74 Å². The van der Waals surface area contributed by atoms with Crippen LogP contribution in [0.3, 0.4) is 0 Å². The fourth-order valence-electron chi connectivity index (χ4n) is 4.05. The third-order valence-corrected chi connectivity index (χ3v) is 5.42.